The van der Waals surface area contributed by atoms with E-state index in [0.717, 1.165) is 38.2 Å². The van der Waals surface area contributed by atoms with Crippen LogP contribution in [0.2, 0.25) is 5.02 Å². The summed E-state index contributed by atoms with van der Waals surface area (Å²) in [5, 5.41) is 9.67. The number of piperidine rings is 1. The number of hydrogen-bond acceptors (Lipinski definition) is 4. The lowest BCUT2D eigenvalue weighted by molar-refractivity contribution is -0.120. The molecule has 1 fully saturated rings. The molecule has 0 N–H and O–H groups in total. The first-order valence-corrected chi connectivity index (χ1v) is 12.3. The van der Waals surface area contributed by atoms with E-state index in [9.17, 15) is 4.79 Å². The molecule has 3 aromatic rings. The van der Waals surface area contributed by atoms with Gasteiger partial charge in [0.1, 0.15) is 5.75 Å². The van der Waals surface area contributed by atoms with Crippen molar-refractivity contribution in [1.82, 2.24) is 4.90 Å². The van der Waals surface area contributed by atoms with Crippen LogP contribution in [0.3, 0.4) is 0 Å². The second-order valence-electron chi connectivity index (χ2n) is 9.61. The summed E-state index contributed by atoms with van der Waals surface area (Å²) in [6.45, 7) is 5.62. The van der Waals surface area contributed by atoms with Gasteiger partial charge in [0.2, 0.25) is 0 Å². The zero-order chi connectivity index (χ0) is 24.4. The predicted molar refractivity (Wildman–Crippen MR) is 138 cm³/mol. The molecule has 2 aliphatic heterocycles. The quantitative estimate of drug-likeness (QED) is 0.480. The fourth-order valence-electron chi connectivity index (χ4n) is 5.27. The fraction of sp³-hybridized carbons (Fsp3) is 0.310. The molecular formula is C29H28ClN3O2. The van der Waals surface area contributed by atoms with Crippen LogP contribution in [0.5, 0.6) is 5.75 Å². The van der Waals surface area contributed by atoms with Crippen LogP contribution >= 0.6 is 11.6 Å². The number of aryl methyl sites for hydroxylation is 1. The van der Waals surface area contributed by atoms with Crippen molar-refractivity contribution in [2.75, 3.05) is 31.1 Å². The van der Waals surface area contributed by atoms with Gasteiger partial charge in [-0.1, -0.05) is 41.4 Å². The van der Waals surface area contributed by atoms with Crippen molar-refractivity contribution in [1.29, 1.82) is 5.26 Å². The van der Waals surface area contributed by atoms with Crippen LogP contribution in [0.25, 0.3) is 0 Å². The van der Waals surface area contributed by atoms with Gasteiger partial charge in [-0.15, -0.1) is 0 Å². The molecule has 178 valence electrons. The van der Waals surface area contributed by atoms with Crippen molar-refractivity contribution in [3.63, 3.8) is 0 Å². The van der Waals surface area contributed by atoms with Crippen molar-refractivity contribution in [3.05, 3.63) is 94.0 Å². The van der Waals surface area contributed by atoms with Crippen LogP contribution < -0.4 is 9.64 Å². The molecule has 0 bridgehead atoms. The van der Waals surface area contributed by atoms with Crippen LogP contribution in [0, 0.1) is 18.3 Å². The summed E-state index contributed by atoms with van der Waals surface area (Å²) in [5.74, 6) is 0.610. The molecule has 1 amide bonds. The topological polar surface area (TPSA) is 56.6 Å². The Kier molecular flexibility index (Phi) is 6.51. The number of amides is 1. The van der Waals surface area contributed by atoms with Crippen molar-refractivity contribution in [2.45, 2.75) is 31.7 Å². The number of nitriles is 1. The monoisotopic (exact) mass is 485 g/mol. The first-order valence-electron chi connectivity index (χ1n) is 12.0. The van der Waals surface area contributed by atoms with Crippen molar-refractivity contribution in [2.24, 2.45) is 0 Å². The number of carbonyl (C=O) groups is 1. The van der Waals surface area contributed by atoms with Crippen molar-refractivity contribution < 1.29 is 9.53 Å². The third-order valence-electron chi connectivity index (χ3n) is 7.25. The third kappa shape index (κ3) is 4.91. The SMILES string of the molecule is Cc1ccc2c(c1)C1(CCN(Cc3ccc(C#N)cc3)CC1)CN2C(=O)COc1ccc(Cl)cc1. The summed E-state index contributed by atoms with van der Waals surface area (Å²) < 4.78 is 5.77. The maximum Gasteiger partial charge on any atom is 0.264 e. The molecule has 6 heteroatoms. The van der Waals surface area contributed by atoms with Gasteiger partial charge >= 0.3 is 0 Å². The number of nitrogens with zero attached hydrogens (tertiary/aromatic N) is 3. The summed E-state index contributed by atoms with van der Waals surface area (Å²) in [6, 6.07) is 23.5. The van der Waals surface area contributed by atoms with E-state index in [1.54, 1.807) is 24.3 Å². The summed E-state index contributed by atoms with van der Waals surface area (Å²) in [7, 11) is 0. The highest BCUT2D eigenvalue weighted by Crippen LogP contribution is 2.47. The molecule has 35 heavy (non-hydrogen) atoms. The molecule has 5 nitrogen and oxygen atoms in total. The smallest absolute Gasteiger partial charge is 0.264 e. The van der Waals surface area contributed by atoms with Gasteiger partial charge < -0.3 is 9.64 Å². The van der Waals surface area contributed by atoms with Gasteiger partial charge in [0, 0.05) is 29.2 Å². The summed E-state index contributed by atoms with van der Waals surface area (Å²) in [6.07, 6.45) is 2.00. The van der Waals surface area contributed by atoms with Crippen molar-refractivity contribution in [3.8, 4) is 11.8 Å². The average Bonchev–Trinajstić information content (AvgIpc) is 3.18. The van der Waals surface area contributed by atoms with E-state index < -0.39 is 0 Å². The Hall–Kier alpha value is -3.33. The van der Waals surface area contributed by atoms with E-state index in [1.807, 2.05) is 29.2 Å². The first-order chi connectivity index (χ1) is 17.0. The number of carbonyl (C=O) groups excluding carboxylic acids is 1. The van der Waals surface area contributed by atoms with E-state index in [2.05, 4.69) is 36.1 Å². The molecule has 0 saturated carbocycles. The summed E-state index contributed by atoms with van der Waals surface area (Å²) >= 11 is 5.95. The van der Waals surface area contributed by atoms with Crippen LogP contribution in [0.15, 0.2) is 66.7 Å². The van der Waals surface area contributed by atoms with Crippen LogP contribution in [0.4, 0.5) is 5.69 Å². The lowest BCUT2D eigenvalue weighted by Gasteiger charge is -2.40. The second-order valence-corrected chi connectivity index (χ2v) is 10.0. The van der Waals surface area contributed by atoms with Gasteiger partial charge in [0.05, 0.1) is 11.6 Å². The number of likely N-dealkylation sites (tertiary alicyclic amines) is 1. The highest BCUT2D eigenvalue weighted by atomic mass is 35.5. The Morgan fingerprint density at radius 2 is 1.77 bits per heavy atom. The molecule has 3 aromatic carbocycles. The largest absolute Gasteiger partial charge is 0.484 e. The molecule has 1 spiro atoms. The Labute approximate surface area is 211 Å². The average molecular weight is 486 g/mol. The Balaban J connectivity index is 1.28. The highest BCUT2D eigenvalue weighted by Gasteiger charge is 2.46. The third-order valence-corrected chi connectivity index (χ3v) is 7.51. The standard InChI is InChI=1S/C29H28ClN3O2/c1-21-2-11-27-26(16-21)29(20-33(27)28(34)19-35-25-9-7-24(30)8-10-25)12-14-32(15-13-29)18-23-5-3-22(17-31)4-6-23/h2-11,16H,12-15,18-20H2,1H3. The van der Waals surface area contributed by atoms with E-state index in [-0.39, 0.29) is 17.9 Å². The number of hydrogen-bond donors (Lipinski definition) is 0. The fourth-order valence-corrected chi connectivity index (χ4v) is 5.39. The minimum Gasteiger partial charge on any atom is -0.484 e. The van der Waals surface area contributed by atoms with Crippen LogP contribution in [-0.4, -0.2) is 37.0 Å². The molecule has 0 unspecified atom stereocenters. The molecule has 2 aliphatic rings. The number of anilines is 1. The molecule has 1 saturated heterocycles. The van der Waals surface area contributed by atoms with Gasteiger partial charge in [0.15, 0.2) is 6.61 Å². The Morgan fingerprint density at radius 1 is 1.06 bits per heavy atom. The van der Waals surface area contributed by atoms with E-state index in [1.165, 1.54) is 16.7 Å². The molecule has 2 heterocycles. The number of fused-ring (bicyclic) bond motifs is 2. The molecule has 0 aromatic heterocycles. The summed E-state index contributed by atoms with van der Waals surface area (Å²) in [5.41, 5.74) is 5.40. The molecule has 0 aliphatic carbocycles. The summed E-state index contributed by atoms with van der Waals surface area (Å²) in [4.78, 5) is 17.6. The predicted octanol–water partition coefficient (Wildman–Crippen LogP) is 5.48. The van der Waals surface area contributed by atoms with Gasteiger partial charge in [-0.2, -0.15) is 5.26 Å². The normalized spacial score (nSPS) is 16.7. The number of benzene rings is 3. The Bertz CT molecular complexity index is 1260. The Morgan fingerprint density at radius 3 is 2.46 bits per heavy atom. The zero-order valence-corrected chi connectivity index (χ0v) is 20.6. The lowest BCUT2D eigenvalue weighted by Crippen LogP contribution is -2.46. The minimum atomic E-state index is -0.0293. The number of ether oxygens (including phenoxy) is 1. The van der Waals surface area contributed by atoms with Gasteiger partial charge in [0.25, 0.3) is 5.91 Å². The van der Waals surface area contributed by atoms with Crippen LogP contribution in [0.1, 0.15) is 35.1 Å². The highest BCUT2D eigenvalue weighted by molar-refractivity contribution is 6.30. The van der Waals surface area contributed by atoms with Crippen molar-refractivity contribution >= 4 is 23.2 Å². The first kappa shape index (κ1) is 23.4. The van der Waals surface area contributed by atoms with Gasteiger partial charge in [-0.3, -0.25) is 9.69 Å². The molecular weight excluding hydrogens is 458 g/mol. The maximum absolute atomic E-state index is 13.3. The van der Waals surface area contributed by atoms with Crippen LogP contribution in [-0.2, 0) is 16.8 Å². The second kappa shape index (κ2) is 9.73. The lowest BCUT2D eigenvalue weighted by atomic mass is 9.74. The molecule has 0 radical (unpaired) electrons. The minimum absolute atomic E-state index is 0.00412. The van der Waals surface area contributed by atoms with E-state index >= 15 is 0 Å². The van der Waals surface area contributed by atoms with Gasteiger partial charge in [-0.25, -0.2) is 0 Å². The number of halogens is 1. The molecule has 0 atom stereocenters. The molecule has 5 rings (SSSR count). The maximum atomic E-state index is 13.3. The van der Waals surface area contributed by atoms with E-state index in [4.69, 9.17) is 21.6 Å². The van der Waals surface area contributed by atoms with E-state index in [0.29, 0.717) is 22.9 Å². The van der Waals surface area contributed by atoms with Gasteiger partial charge in [-0.05, 0) is 86.4 Å². The zero-order valence-electron chi connectivity index (χ0n) is 19.8. The number of rotatable bonds is 5.